The van der Waals surface area contributed by atoms with Gasteiger partial charge in [0.1, 0.15) is 0 Å². The van der Waals surface area contributed by atoms with E-state index in [2.05, 4.69) is 48.1 Å². The normalized spacial score (nSPS) is 11.9. The van der Waals surface area contributed by atoms with Crippen molar-refractivity contribution in [2.45, 2.75) is 19.8 Å². The highest BCUT2D eigenvalue weighted by atomic mass is 14.7. The Balaban J connectivity index is 2.41. The van der Waals surface area contributed by atoms with E-state index in [1.807, 2.05) is 6.20 Å². The van der Waals surface area contributed by atoms with Crippen LogP contribution in [-0.2, 0) is 0 Å². The van der Waals surface area contributed by atoms with E-state index < -0.39 is 0 Å². The topological polar surface area (TPSA) is 31.6 Å². The summed E-state index contributed by atoms with van der Waals surface area (Å²) in [5.74, 6) is 0.548. The van der Waals surface area contributed by atoms with E-state index in [0.29, 0.717) is 5.92 Å². The third-order valence-electron chi connectivity index (χ3n) is 2.97. The first-order valence-corrected chi connectivity index (χ1v) is 5.34. The Kier molecular flexibility index (Phi) is 1.66. The van der Waals surface area contributed by atoms with Crippen LogP contribution in [0.15, 0.2) is 30.5 Å². The van der Waals surface area contributed by atoms with E-state index in [4.69, 9.17) is 0 Å². The van der Waals surface area contributed by atoms with Crippen LogP contribution in [0.2, 0.25) is 0 Å². The zero-order valence-electron chi connectivity index (χ0n) is 8.96. The molecule has 3 rings (SSSR count). The minimum Gasteiger partial charge on any atom is -0.361 e. The second-order valence-electron chi connectivity index (χ2n) is 4.35. The molecule has 0 saturated heterocycles. The number of rotatable bonds is 1. The summed E-state index contributed by atoms with van der Waals surface area (Å²) in [7, 11) is 0. The molecule has 0 atom stereocenters. The molecule has 0 radical (unpaired) electrons. The van der Waals surface area contributed by atoms with E-state index in [1.165, 1.54) is 27.5 Å². The highest BCUT2D eigenvalue weighted by Crippen LogP contribution is 2.27. The van der Waals surface area contributed by atoms with Crippen LogP contribution in [0, 0.1) is 0 Å². The molecule has 1 aromatic carbocycles. The maximum atomic E-state index is 3.50. The average molecular weight is 198 g/mol. The van der Waals surface area contributed by atoms with Gasteiger partial charge in [-0.3, -0.25) is 0 Å². The molecule has 3 aromatic rings. The summed E-state index contributed by atoms with van der Waals surface area (Å²) < 4.78 is 0. The van der Waals surface area contributed by atoms with Crippen molar-refractivity contribution in [3.8, 4) is 0 Å². The Bertz CT molecular complexity index is 614. The van der Waals surface area contributed by atoms with Gasteiger partial charge in [0.25, 0.3) is 0 Å². The van der Waals surface area contributed by atoms with E-state index in [-0.39, 0.29) is 0 Å². The van der Waals surface area contributed by atoms with Gasteiger partial charge in [-0.1, -0.05) is 19.9 Å². The van der Waals surface area contributed by atoms with Crippen molar-refractivity contribution in [3.05, 3.63) is 36.2 Å². The van der Waals surface area contributed by atoms with E-state index in [1.54, 1.807) is 0 Å². The summed E-state index contributed by atoms with van der Waals surface area (Å²) in [6.07, 6.45) is 1.99. The average Bonchev–Trinajstić information content (AvgIpc) is 2.82. The number of fused-ring (bicyclic) bond motifs is 3. The van der Waals surface area contributed by atoms with Crippen LogP contribution in [-0.4, -0.2) is 9.97 Å². The smallest absolute Gasteiger partial charge is 0.0551 e. The Hall–Kier alpha value is -1.70. The van der Waals surface area contributed by atoms with Crippen molar-refractivity contribution in [2.75, 3.05) is 0 Å². The van der Waals surface area contributed by atoms with Crippen LogP contribution in [0.3, 0.4) is 0 Å². The van der Waals surface area contributed by atoms with Crippen molar-refractivity contribution < 1.29 is 0 Å². The third kappa shape index (κ3) is 1.18. The monoisotopic (exact) mass is 198 g/mol. The van der Waals surface area contributed by atoms with Gasteiger partial charge in [0.15, 0.2) is 0 Å². The lowest BCUT2D eigenvalue weighted by atomic mass is 10.1. The van der Waals surface area contributed by atoms with Gasteiger partial charge in [-0.25, -0.2) is 0 Å². The molecule has 0 unspecified atom stereocenters. The fourth-order valence-corrected chi connectivity index (χ4v) is 2.07. The summed E-state index contributed by atoms with van der Waals surface area (Å²) >= 11 is 0. The fourth-order valence-electron chi connectivity index (χ4n) is 2.07. The lowest BCUT2D eigenvalue weighted by Gasteiger charge is -1.98. The molecule has 15 heavy (non-hydrogen) atoms. The van der Waals surface area contributed by atoms with E-state index in [9.17, 15) is 0 Å². The Morgan fingerprint density at radius 3 is 2.80 bits per heavy atom. The highest BCUT2D eigenvalue weighted by molar-refractivity contribution is 6.04. The summed E-state index contributed by atoms with van der Waals surface area (Å²) in [6.45, 7) is 4.41. The highest BCUT2D eigenvalue weighted by Gasteiger charge is 2.07. The minimum atomic E-state index is 0.548. The molecule has 0 aliphatic rings. The summed E-state index contributed by atoms with van der Waals surface area (Å²) in [5.41, 5.74) is 3.75. The molecule has 2 heterocycles. The number of aromatic amines is 2. The maximum absolute atomic E-state index is 3.50. The van der Waals surface area contributed by atoms with E-state index >= 15 is 0 Å². The molecule has 2 aromatic heterocycles. The van der Waals surface area contributed by atoms with Crippen molar-refractivity contribution in [1.29, 1.82) is 0 Å². The van der Waals surface area contributed by atoms with Gasteiger partial charge >= 0.3 is 0 Å². The predicted molar refractivity (Wildman–Crippen MR) is 64.2 cm³/mol. The molecule has 76 valence electrons. The summed E-state index contributed by atoms with van der Waals surface area (Å²) in [6, 6.07) is 8.66. The molecule has 0 saturated carbocycles. The van der Waals surface area contributed by atoms with Crippen LogP contribution in [0.25, 0.3) is 21.8 Å². The maximum Gasteiger partial charge on any atom is 0.0551 e. The molecular formula is C13H14N2. The van der Waals surface area contributed by atoms with Gasteiger partial charge in [0.05, 0.1) is 5.52 Å². The standard InChI is InChI=1S/C13H14N2/c1-8(2)12-7-9-3-4-11-10(5-6-14-11)13(9)15-12/h3-8,14-15H,1-2H3. The summed E-state index contributed by atoms with van der Waals surface area (Å²) in [5, 5.41) is 2.57. The lowest BCUT2D eigenvalue weighted by Crippen LogP contribution is -1.84. The minimum absolute atomic E-state index is 0.548. The third-order valence-corrected chi connectivity index (χ3v) is 2.97. The van der Waals surface area contributed by atoms with Gasteiger partial charge in [0.2, 0.25) is 0 Å². The number of aromatic nitrogens is 2. The molecule has 0 spiro atoms. The van der Waals surface area contributed by atoms with Crippen molar-refractivity contribution >= 4 is 21.8 Å². The van der Waals surface area contributed by atoms with Crippen LogP contribution in [0.5, 0.6) is 0 Å². The number of nitrogens with one attached hydrogen (secondary N) is 2. The lowest BCUT2D eigenvalue weighted by molar-refractivity contribution is 0.837. The van der Waals surface area contributed by atoms with Gasteiger partial charge in [0, 0.05) is 28.2 Å². The molecule has 0 fully saturated rings. The number of H-pyrrole nitrogens is 2. The Labute approximate surface area is 88.3 Å². The molecule has 0 aliphatic carbocycles. The second-order valence-corrected chi connectivity index (χ2v) is 4.35. The van der Waals surface area contributed by atoms with Crippen molar-refractivity contribution in [3.63, 3.8) is 0 Å². The van der Waals surface area contributed by atoms with Gasteiger partial charge in [-0.05, 0) is 24.1 Å². The van der Waals surface area contributed by atoms with Crippen LogP contribution in [0.4, 0.5) is 0 Å². The zero-order chi connectivity index (χ0) is 10.4. The number of benzene rings is 1. The molecule has 2 nitrogen and oxygen atoms in total. The van der Waals surface area contributed by atoms with Crippen LogP contribution < -0.4 is 0 Å². The first-order chi connectivity index (χ1) is 7.25. The zero-order valence-corrected chi connectivity index (χ0v) is 8.96. The fraction of sp³-hybridized carbons (Fsp3) is 0.231. The van der Waals surface area contributed by atoms with Gasteiger partial charge < -0.3 is 9.97 Å². The number of hydrogen-bond acceptors (Lipinski definition) is 0. The number of hydrogen-bond donors (Lipinski definition) is 2. The molecule has 2 heteroatoms. The largest absolute Gasteiger partial charge is 0.361 e. The Morgan fingerprint density at radius 1 is 1.13 bits per heavy atom. The quantitative estimate of drug-likeness (QED) is 0.596. The first kappa shape index (κ1) is 8.60. The van der Waals surface area contributed by atoms with Gasteiger partial charge in [-0.15, -0.1) is 0 Å². The van der Waals surface area contributed by atoms with Crippen molar-refractivity contribution in [1.82, 2.24) is 9.97 Å². The molecular weight excluding hydrogens is 184 g/mol. The SMILES string of the molecule is CC(C)c1cc2ccc3[nH]ccc3c2[nH]1. The Morgan fingerprint density at radius 2 is 2.00 bits per heavy atom. The van der Waals surface area contributed by atoms with Crippen molar-refractivity contribution in [2.24, 2.45) is 0 Å². The van der Waals surface area contributed by atoms with Crippen LogP contribution >= 0.6 is 0 Å². The predicted octanol–water partition coefficient (Wildman–Crippen LogP) is 3.77. The van der Waals surface area contributed by atoms with E-state index in [0.717, 1.165) is 0 Å². The van der Waals surface area contributed by atoms with Crippen LogP contribution in [0.1, 0.15) is 25.5 Å². The molecule has 0 amide bonds. The second kappa shape index (κ2) is 2.89. The molecule has 2 N–H and O–H groups in total. The molecule has 0 aliphatic heterocycles. The first-order valence-electron chi connectivity index (χ1n) is 5.34. The summed E-state index contributed by atoms with van der Waals surface area (Å²) in [4.78, 5) is 6.73. The van der Waals surface area contributed by atoms with Gasteiger partial charge in [-0.2, -0.15) is 0 Å². The molecule has 0 bridgehead atoms.